The molecule has 0 aliphatic heterocycles. The number of carbonyl (C=O) groups is 1. The predicted molar refractivity (Wildman–Crippen MR) is 59.8 cm³/mol. The molecule has 0 aromatic heterocycles. The third kappa shape index (κ3) is 9.69. The van der Waals surface area contributed by atoms with Crippen LogP contribution in [-0.4, -0.2) is 38.4 Å². The Labute approximate surface area is 92.3 Å². The van der Waals surface area contributed by atoms with Crippen molar-refractivity contribution in [2.45, 2.75) is 45.8 Å². The van der Waals surface area contributed by atoms with E-state index in [1.165, 1.54) is 7.11 Å². The summed E-state index contributed by atoms with van der Waals surface area (Å²) < 4.78 is 9.97. The van der Waals surface area contributed by atoms with Crippen LogP contribution in [-0.2, 0) is 14.3 Å². The van der Waals surface area contributed by atoms with Gasteiger partial charge in [0.1, 0.15) is 0 Å². The average molecular weight is 217 g/mol. The highest BCUT2D eigenvalue weighted by Crippen LogP contribution is 1.94. The fourth-order valence-corrected chi connectivity index (χ4v) is 1.15. The SMILES string of the molecule is COC(=O)C[C@@H](C)NCCCOC(C)C. The number of ether oxygens (including phenoxy) is 2. The number of rotatable bonds is 8. The van der Waals surface area contributed by atoms with E-state index in [-0.39, 0.29) is 18.1 Å². The van der Waals surface area contributed by atoms with Crippen molar-refractivity contribution < 1.29 is 14.3 Å². The molecule has 0 rings (SSSR count). The maximum atomic E-state index is 10.9. The number of hydrogen-bond donors (Lipinski definition) is 1. The number of esters is 1. The lowest BCUT2D eigenvalue weighted by atomic mass is 10.2. The van der Waals surface area contributed by atoms with Crippen LogP contribution in [0.4, 0.5) is 0 Å². The van der Waals surface area contributed by atoms with Crippen LogP contribution >= 0.6 is 0 Å². The molecule has 0 amide bonds. The molecule has 0 saturated heterocycles. The van der Waals surface area contributed by atoms with Crippen molar-refractivity contribution in [2.24, 2.45) is 0 Å². The Morgan fingerprint density at radius 1 is 1.33 bits per heavy atom. The number of methoxy groups -OCH3 is 1. The summed E-state index contributed by atoms with van der Waals surface area (Å²) >= 11 is 0. The van der Waals surface area contributed by atoms with E-state index in [1.54, 1.807) is 0 Å². The van der Waals surface area contributed by atoms with Gasteiger partial charge in [0.15, 0.2) is 0 Å². The monoisotopic (exact) mass is 217 g/mol. The summed E-state index contributed by atoms with van der Waals surface area (Å²) in [4.78, 5) is 10.9. The van der Waals surface area contributed by atoms with Crippen LogP contribution < -0.4 is 5.32 Å². The van der Waals surface area contributed by atoms with Gasteiger partial charge in [-0.2, -0.15) is 0 Å². The smallest absolute Gasteiger partial charge is 0.307 e. The highest BCUT2D eigenvalue weighted by molar-refractivity contribution is 5.69. The van der Waals surface area contributed by atoms with Crippen molar-refractivity contribution in [1.29, 1.82) is 0 Å². The summed E-state index contributed by atoms with van der Waals surface area (Å²) in [7, 11) is 1.41. The first kappa shape index (κ1) is 14.4. The highest BCUT2D eigenvalue weighted by Gasteiger charge is 2.07. The second-order valence-corrected chi connectivity index (χ2v) is 3.91. The lowest BCUT2D eigenvalue weighted by Crippen LogP contribution is -2.30. The zero-order chi connectivity index (χ0) is 11.7. The molecule has 0 fully saturated rings. The molecule has 0 aliphatic carbocycles. The molecule has 0 saturated carbocycles. The molecule has 4 nitrogen and oxygen atoms in total. The Morgan fingerprint density at radius 2 is 2.00 bits per heavy atom. The van der Waals surface area contributed by atoms with Crippen molar-refractivity contribution in [3.8, 4) is 0 Å². The minimum atomic E-state index is -0.173. The van der Waals surface area contributed by atoms with E-state index >= 15 is 0 Å². The van der Waals surface area contributed by atoms with Crippen molar-refractivity contribution >= 4 is 5.97 Å². The first-order chi connectivity index (χ1) is 7.06. The quantitative estimate of drug-likeness (QED) is 0.492. The first-order valence-electron chi connectivity index (χ1n) is 5.48. The maximum Gasteiger partial charge on any atom is 0.307 e. The van der Waals surface area contributed by atoms with Gasteiger partial charge in [0.05, 0.1) is 19.6 Å². The van der Waals surface area contributed by atoms with E-state index in [1.807, 2.05) is 20.8 Å². The van der Waals surface area contributed by atoms with E-state index in [9.17, 15) is 4.79 Å². The largest absolute Gasteiger partial charge is 0.469 e. The van der Waals surface area contributed by atoms with Crippen molar-refractivity contribution in [3.05, 3.63) is 0 Å². The van der Waals surface area contributed by atoms with Crippen molar-refractivity contribution in [2.75, 3.05) is 20.3 Å². The predicted octanol–water partition coefficient (Wildman–Crippen LogP) is 1.34. The van der Waals surface area contributed by atoms with Gasteiger partial charge in [-0.05, 0) is 33.7 Å². The Bertz CT molecular complexity index is 171. The molecule has 0 aromatic rings. The molecular weight excluding hydrogens is 194 g/mol. The van der Waals surface area contributed by atoms with Crippen LogP contribution in [0.15, 0.2) is 0 Å². The minimum absolute atomic E-state index is 0.163. The molecule has 1 atom stereocenters. The van der Waals surface area contributed by atoms with Gasteiger partial charge in [-0.15, -0.1) is 0 Å². The van der Waals surface area contributed by atoms with Gasteiger partial charge in [-0.1, -0.05) is 0 Å². The van der Waals surface area contributed by atoms with Crippen LogP contribution in [0.2, 0.25) is 0 Å². The van der Waals surface area contributed by atoms with Crippen LogP contribution in [0, 0.1) is 0 Å². The van der Waals surface area contributed by atoms with Gasteiger partial charge in [0.25, 0.3) is 0 Å². The topological polar surface area (TPSA) is 47.6 Å². The normalized spacial score (nSPS) is 12.9. The minimum Gasteiger partial charge on any atom is -0.469 e. The van der Waals surface area contributed by atoms with E-state index in [0.717, 1.165) is 19.6 Å². The van der Waals surface area contributed by atoms with Crippen LogP contribution in [0.3, 0.4) is 0 Å². The average Bonchev–Trinajstić information content (AvgIpc) is 2.16. The molecule has 15 heavy (non-hydrogen) atoms. The molecule has 0 unspecified atom stereocenters. The number of nitrogens with one attached hydrogen (secondary N) is 1. The van der Waals surface area contributed by atoms with Gasteiger partial charge in [-0.25, -0.2) is 0 Å². The molecular formula is C11H23NO3. The number of carbonyl (C=O) groups excluding carboxylic acids is 1. The highest BCUT2D eigenvalue weighted by atomic mass is 16.5. The van der Waals surface area contributed by atoms with Gasteiger partial charge in [0, 0.05) is 12.6 Å². The van der Waals surface area contributed by atoms with E-state index in [4.69, 9.17) is 4.74 Å². The molecule has 0 spiro atoms. The zero-order valence-electron chi connectivity index (χ0n) is 10.2. The summed E-state index contributed by atoms with van der Waals surface area (Å²) in [5.74, 6) is -0.173. The second-order valence-electron chi connectivity index (χ2n) is 3.91. The van der Waals surface area contributed by atoms with Gasteiger partial charge in [0.2, 0.25) is 0 Å². The standard InChI is InChI=1S/C11H23NO3/c1-9(2)15-7-5-6-12-10(3)8-11(13)14-4/h9-10,12H,5-8H2,1-4H3/t10-/m1/s1. The third-order valence-corrected chi connectivity index (χ3v) is 1.97. The Kier molecular flexibility index (Phi) is 8.33. The summed E-state index contributed by atoms with van der Waals surface area (Å²) in [6.45, 7) is 7.64. The molecule has 0 bridgehead atoms. The Morgan fingerprint density at radius 3 is 2.53 bits per heavy atom. The van der Waals surface area contributed by atoms with E-state index in [0.29, 0.717) is 6.42 Å². The van der Waals surface area contributed by atoms with Gasteiger partial charge < -0.3 is 14.8 Å². The molecule has 0 radical (unpaired) electrons. The van der Waals surface area contributed by atoms with Gasteiger partial charge >= 0.3 is 5.97 Å². The van der Waals surface area contributed by atoms with Gasteiger partial charge in [-0.3, -0.25) is 4.79 Å². The Hall–Kier alpha value is -0.610. The summed E-state index contributed by atoms with van der Waals surface area (Å²) in [6, 6.07) is 0.163. The second kappa shape index (κ2) is 8.68. The molecule has 0 heterocycles. The molecule has 0 aromatic carbocycles. The van der Waals surface area contributed by atoms with Crippen molar-refractivity contribution in [3.63, 3.8) is 0 Å². The molecule has 0 aliphatic rings. The summed E-state index contributed by atoms with van der Waals surface area (Å²) in [5.41, 5.74) is 0. The maximum absolute atomic E-state index is 10.9. The molecule has 4 heteroatoms. The zero-order valence-corrected chi connectivity index (χ0v) is 10.2. The third-order valence-electron chi connectivity index (χ3n) is 1.97. The first-order valence-corrected chi connectivity index (χ1v) is 5.48. The fraction of sp³-hybridized carbons (Fsp3) is 0.909. The van der Waals surface area contributed by atoms with E-state index < -0.39 is 0 Å². The lowest BCUT2D eigenvalue weighted by molar-refractivity contribution is -0.141. The van der Waals surface area contributed by atoms with Crippen LogP contribution in [0.25, 0.3) is 0 Å². The summed E-state index contributed by atoms with van der Waals surface area (Å²) in [5, 5.41) is 3.24. The van der Waals surface area contributed by atoms with Crippen LogP contribution in [0.5, 0.6) is 0 Å². The fourth-order valence-electron chi connectivity index (χ4n) is 1.15. The van der Waals surface area contributed by atoms with Crippen molar-refractivity contribution in [1.82, 2.24) is 5.32 Å². The Balaban J connectivity index is 3.31. The van der Waals surface area contributed by atoms with Crippen LogP contribution in [0.1, 0.15) is 33.6 Å². The van der Waals surface area contributed by atoms with E-state index in [2.05, 4.69) is 10.1 Å². The number of hydrogen-bond acceptors (Lipinski definition) is 4. The summed E-state index contributed by atoms with van der Waals surface area (Å²) in [6.07, 6.45) is 1.67. The molecule has 1 N–H and O–H groups in total. The lowest BCUT2D eigenvalue weighted by Gasteiger charge is -2.13. The molecule has 90 valence electrons.